The van der Waals surface area contributed by atoms with Crippen molar-refractivity contribution in [3.8, 4) is 0 Å². The van der Waals surface area contributed by atoms with Gasteiger partial charge in [0, 0.05) is 45.3 Å². The van der Waals surface area contributed by atoms with Gasteiger partial charge in [-0.05, 0) is 17.7 Å². The molecule has 0 aliphatic carbocycles. The van der Waals surface area contributed by atoms with E-state index in [9.17, 15) is 9.59 Å². The Morgan fingerprint density at radius 3 is 2.73 bits per heavy atom. The molecule has 3 heterocycles. The topological polar surface area (TPSA) is 74.8 Å². The Kier molecular flexibility index (Phi) is 6.71. The molecule has 2 amide bonds. The lowest BCUT2D eigenvalue weighted by Gasteiger charge is -2.33. The number of ether oxygens (including phenoxy) is 1. The Hall–Kier alpha value is -2.77. The number of benzene rings is 1. The number of hydrogen-bond donors (Lipinski definition) is 1. The van der Waals surface area contributed by atoms with E-state index in [0.717, 1.165) is 25.3 Å². The molecule has 7 heteroatoms. The Bertz CT molecular complexity index is 846. The van der Waals surface area contributed by atoms with Gasteiger partial charge < -0.3 is 15.0 Å². The van der Waals surface area contributed by atoms with Crippen molar-refractivity contribution in [2.75, 3.05) is 32.8 Å². The van der Waals surface area contributed by atoms with Gasteiger partial charge in [0.1, 0.15) is 0 Å². The summed E-state index contributed by atoms with van der Waals surface area (Å²) in [5.41, 5.74) is 2.11. The number of hydrogen-bond acceptors (Lipinski definition) is 5. The maximum Gasteiger partial charge on any atom is 0.225 e. The first-order valence-electron chi connectivity index (χ1n) is 10.5. The summed E-state index contributed by atoms with van der Waals surface area (Å²) >= 11 is 0. The van der Waals surface area contributed by atoms with Gasteiger partial charge in [-0.3, -0.25) is 19.5 Å². The summed E-state index contributed by atoms with van der Waals surface area (Å²) in [6.07, 6.45) is 1.93. The molecule has 158 valence electrons. The van der Waals surface area contributed by atoms with Gasteiger partial charge >= 0.3 is 0 Å². The third kappa shape index (κ3) is 5.43. The summed E-state index contributed by atoms with van der Waals surface area (Å²) in [7, 11) is 0. The van der Waals surface area contributed by atoms with Gasteiger partial charge in [-0.1, -0.05) is 36.4 Å². The van der Waals surface area contributed by atoms with E-state index < -0.39 is 0 Å². The fourth-order valence-corrected chi connectivity index (χ4v) is 4.04. The van der Waals surface area contributed by atoms with E-state index in [4.69, 9.17) is 4.74 Å². The zero-order chi connectivity index (χ0) is 20.8. The van der Waals surface area contributed by atoms with Crippen LogP contribution in [0.2, 0.25) is 0 Å². The normalized spacial score (nSPS) is 22.3. The smallest absolute Gasteiger partial charge is 0.225 e. The van der Waals surface area contributed by atoms with Crippen LogP contribution in [0.1, 0.15) is 17.7 Å². The molecule has 7 nitrogen and oxygen atoms in total. The molecule has 2 unspecified atom stereocenters. The summed E-state index contributed by atoms with van der Waals surface area (Å²) in [4.78, 5) is 33.3. The number of morpholine rings is 1. The number of amides is 2. The summed E-state index contributed by atoms with van der Waals surface area (Å²) in [6.45, 7) is 4.57. The van der Waals surface area contributed by atoms with Crippen LogP contribution in [0, 0.1) is 5.92 Å². The lowest BCUT2D eigenvalue weighted by molar-refractivity contribution is -0.129. The van der Waals surface area contributed by atoms with Crippen LogP contribution in [-0.2, 0) is 27.4 Å². The quantitative estimate of drug-likeness (QED) is 0.751. The first kappa shape index (κ1) is 20.5. The van der Waals surface area contributed by atoms with Crippen LogP contribution < -0.4 is 5.32 Å². The van der Waals surface area contributed by atoms with E-state index in [1.807, 2.05) is 36.4 Å². The van der Waals surface area contributed by atoms with Gasteiger partial charge in [-0.25, -0.2) is 0 Å². The Morgan fingerprint density at radius 1 is 1.10 bits per heavy atom. The molecular weight excluding hydrogens is 380 g/mol. The fraction of sp³-hybridized carbons (Fsp3) is 0.435. The SMILES string of the molecule is O=C(NCC1CN(Cc2ccccc2)CCO1)C1CC(=O)N(Cc2ccccn2)C1. The van der Waals surface area contributed by atoms with E-state index >= 15 is 0 Å². The van der Waals surface area contributed by atoms with Crippen molar-refractivity contribution in [3.05, 3.63) is 66.0 Å². The standard InChI is InChI=1S/C23H28N4O3/c28-22-12-19(15-27(22)16-20-8-4-5-9-24-20)23(29)25-13-21-17-26(10-11-30-21)14-18-6-2-1-3-7-18/h1-9,19,21H,10-17H2,(H,25,29). The lowest BCUT2D eigenvalue weighted by atomic mass is 10.1. The average Bonchev–Trinajstić information content (AvgIpc) is 3.14. The highest BCUT2D eigenvalue weighted by atomic mass is 16.5. The van der Waals surface area contributed by atoms with Crippen LogP contribution in [0.4, 0.5) is 0 Å². The summed E-state index contributed by atoms with van der Waals surface area (Å²) in [6, 6.07) is 16.0. The molecule has 1 aromatic heterocycles. The van der Waals surface area contributed by atoms with E-state index in [1.165, 1.54) is 5.56 Å². The van der Waals surface area contributed by atoms with Crippen molar-refractivity contribution in [1.29, 1.82) is 0 Å². The molecule has 2 fully saturated rings. The van der Waals surface area contributed by atoms with Crippen molar-refractivity contribution >= 4 is 11.8 Å². The number of nitrogens with one attached hydrogen (secondary N) is 1. The molecule has 0 saturated carbocycles. The maximum atomic E-state index is 12.6. The van der Waals surface area contributed by atoms with Crippen molar-refractivity contribution in [3.63, 3.8) is 0 Å². The van der Waals surface area contributed by atoms with Crippen LogP contribution in [0.3, 0.4) is 0 Å². The molecule has 4 rings (SSSR count). The molecule has 0 radical (unpaired) electrons. The molecule has 2 aromatic rings. The second kappa shape index (κ2) is 9.82. The monoisotopic (exact) mass is 408 g/mol. The number of likely N-dealkylation sites (tertiary alicyclic amines) is 1. The number of carbonyl (C=O) groups excluding carboxylic acids is 2. The Balaban J connectivity index is 1.23. The molecule has 1 N–H and O–H groups in total. The highest BCUT2D eigenvalue weighted by molar-refractivity contribution is 5.89. The summed E-state index contributed by atoms with van der Waals surface area (Å²) in [5.74, 6) is -0.385. The number of pyridine rings is 1. The van der Waals surface area contributed by atoms with Crippen molar-refractivity contribution in [1.82, 2.24) is 20.1 Å². The van der Waals surface area contributed by atoms with Crippen LogP contribution in [0.15, 0.2) is 54.7 Å². The lowest BCUT2D eigenvalue weighted by Crippen LogP contribution is -2.48. The number of rotatable bonds is 7. The minimum absolute atomic E-state index is 0.00348. The van der Waals surface area contributed by atoms with E-state index in [0.29, 0.717) is 26.2 Å². The van der Waals surface area contributed by atoms with E-state index in [2.05, 4.69) is 27.3 Å². The Labute approximate surface area is 177 Å². The molecule has 30 heavy (non-hydrogen) atoms. The first-order chi connectivity index (χ1) is 14.7. The van der Waals surface area contributed by atoms with Crippen molar-refractivity contribution in [2.45, 2.75) is 25.6 Å². The number of nitrogens with zero attached hydrogens (tertiary/aromatic N) is 3. The van der Waals surface area contributed by atoms with Gasteiger partial charge in [-0.15, -0.1) is 0 Å². The minimum atomic E-state index is -0.315. The molecular formula is C23H28N4O3. The van der Waals surface area contributed by atoms with Crippen LogP contribution >= 0.6 is 0 Å². The van der Waals surface area contributed by atoms with Crippen LogP contribution in [0.25, 0.3) is 0 Å². The zero-order valence-electron chi connectivity index (χ0n) is 17.1. The molecule has 1 aromatic carbocycles. The molecule has 2 aliphatic heterocycles. The highest BCUT2D eigenvalue weighted by Crippen LogP contribution is 2.20. The second-order valence-electron chi connectivity index (χ2n) is 7.96. The highest BCUT2D eigenvalue weighted by Gasteiger charge is 2.34. The minimum Gasteiger partial charge on any atom is -0.374 e. The van der Waals surface area contributed by atoms with Gasteiger partial charge in [-0.2, -0.15) is 0 Å². The number of aromatic nitrogens is 1. The predicted octanol–water partition coefficient (Wildman–Crippen LogP) is 1.45. The molecule has 2 atom stereocenters. The fourth-order valence-electron chi connectivity index (χ4n) is 4.04. The van der Waals surface area contributed by atoms with E-state index in [1.54, 1.807) is 11.1 Å². The first-order valence-corrected chi connectivity index (χ1v) is 10.5. The molecule has 0 spiro atoms. The average molecular weight is 409 g/mol. The maximum absolute atomic E-state index is 12.6. The largest absolute Gasteiger partial charge is 0.374 e. The number of carbonyl (C=O) groups is 2. The van der Waals surface area contributed by atoms with E-state index in [-0.39, 0.29) is 30.3 Å². The summed E-state index contributed by atoms with van der Waals surface area (Å²) < 4.78 is 5.84. The molecule has 2 saturated heterocycles. The van der Waals surface area contributed by atoms with Crippen molar-refractivity contribution < 1.29 is 14.3 Å². The van der Waals surface area contributed by atoms with Crippen molar-refractivity contribution in [2.24, 2.45) is 5.92 Å². The summed E-state index contributed by atoms with van der Waals surface area (Å²) in [5, 5.41) is 3.00. The third-order valence-corrected chi connectivity index (χ3v) is 5.64. The second-order valence-corrected chi connectivity index (χ2v) is 7.96. The Morgan fingerprint density at radius 2 is 1.93 bits per heavy atom. The van der Waals surface area contributed by atoms with Gasteiger partial charge in [0.25, 0.3) is 0 Å². The zero-order valence-corrected chi connectivity index (χ0v) is 17.1. The van der Waals surface area contributed by atoms with Gasteiger partial charge in [0.15, 0.2) is 0 Å². The molecule has 2 aliphatic rings. The third-order valence-electron chi connectivity index (χ3n) is 5.64. The van der Waals surface area contributed by atoms with Gasteiger partial charge in [0.2, 0.25) is 11.8 Å². The predicted molar refractivity (Wildman–Crippen MR) is 112 cm³/mol. The van der Waals surface area contributed by atoms with Crippen LogP contribution in [-0.4, -0.2) is 65.5 Å². The van der Waals surface area contributed by atoms with Gasteiger partial charge in [0.05, 0.1) is 30.9 Å². The van der Waals surface area contributed by atoms with Crippen LogP contribution in [0.5, 0.6) is 0 Å². The molecule has 0 bridgehead atoms.